The Morgan fingerprint density at radius 2 is 1.87 bits per heavy atom. The van der Waals surface area contributed by atoms with Crippen LogP contribution in [0.25, 0.3) is 0 Å². The molecule has 4 heteroatoms. The number of benzene rings is 1. The minimum absolute atomic E-state index is 0.0294. The SMILES string of the molecule is O=C(NCc1ccco1)C(Cc1ccccn1)c1ccccc1. The first kappa shape index (κ1) is 15.0. The first-order valence-corrected chi connectivity index (χ1v) is 7.58. The van der Waals surface area contributed by atoms with E-state index in [-0.39, 0.29) is 11.8 Å². The molecule has 1 unspecified atom stereocenters. The van der Waals surface area contributed by atoms with E-state index in [9.17, 15) is 4.79 Å². The molecule has 2 aromatic heterocycles. The monoisotopic (exact) mass is 306 g/mol. The summed E-state index contributed by atoms with van der Waals surface area (Å²) in [4.78, 5) is 17.0. The van der Waals surface area contributed by atoms with Crippen LogP contribution >= 0.6 is 0 Å². The number of carbonyl (C=O) groups excluding carboxylic acids is 1. The Morgan fingerprint density at radius 3 is 2.57 bits per heavy atom. The predicted octanol–water partition coefficient (Wildman–Crippen LogP) is 3.32. The first-order chi connectivity index (χ1) is 11.3. The number of rotatable bonds is 6. The van der Waals surface area contributed by atoms with E-state index in [0.717, 1.165) is 17.0 Å². The van der Waals surface area contributed by atoms with Gasteiger partial charge >= 0.3 is 0 Å². The van der Waals surface area contributed by atoms with Crippen LogP contribution in [0.4, 0.5) is 0 Å². The lowest BCUT2D eigenvalue weighted by Gasteiger charge is -2.16. The molecule has 2 heterocycles. The molecule has 23 heavy (non-hydrogen) atoms. The number of amides is 1. The Bertz CT molecular complexity index is 725. The van der Waals surface area contributed by atoms with Gasteiger partial charge in [0.15, 0.2) is 0 Å². The smallest absolute Gasteiger partial charge is 0.228 e. The number of nitrogens with one attached hydrogen (secondary N) is 1. The van der Waals surface area contributed by atoms with Crippen LogP contribution in [0.3, 0.4) is 0 Å². The lowest BCUT2D eigenvalue weighted by Crippen LogP contribution is -2.30. The van der Waals surface area contributed by atoms with Crippen LogP contribution in [0.2, 0.25) is 0 Å². The number of furan rings is 1. The van der Waals surface area contributed by atoms with Gasteiger partial charge in [-0.1, -0.05) is 36.4 Å². The molecule has 1 N–H and O–H groups in total. The fourth-order valence-electron chi connectivity index (χ4n) is 2.49. The maximum atomic E-state index is 12.7. The summed E-state index contributed by atoms with van der Waals surface area (Å²) in [6.07, 6.45) is 3.91. The van der Waals surface area contributed by atoms with Gasteiger partial charge in [0.1, 0.15) is 5.76 Å². The number of carbonyl (C=O) groups is 1. The fraction of sp³-hybridized carbons (Fsp3) is 0.158. The van der Waals surface area contributed by atoms with Crippen molar-refractivity contribution in [3.05, 3.63) is 90.1 Å². The van der Waals surface area contributed by atoms with Gasteiger partial charge in [0, 0.05) is 18.3 Å². The highest BCUT2D eigenvalue weighted by Gasteiger charge is 2.21. The van der Waals surface area contributed by atoms with E-state index >= 15 is 0 Å². The lowest BCUT2D eigenvalue weighted by atomic mass is 9.93. The van der Waals surface area contributed by atoms with Crippen molar-refractivity contribution < 1.29 is 9.21 Å². The van der Waals surface area contributed by atoms with Crippen LogP contribution in [0.1, 0.15) is 22.9 Å². The molecule has 1 amide bonds. The lowest BCUT2D eigenvalue weighted by molar-refractivity contribution is -0.122. The van der Waals surface area contributed by atoms with Gasteiger partial charge in [0.05, 0.1) is 18.7 Å². The molecule has 0 aliphatic carbocycles. The van der Waals surface area contributed by atoms with E-state index in [4.69, 9.17) is 4.42 Å². The molecule has 116 valence electrons. The minimum Gasteiger partial charge on any atom is -0.467 e. The zero-order valence-corrected chi connectivity index (χ0v) is 12.7. The van der Waals surface area contributed by atoms with Crippen molar-refractivity contribution in [1.82, 2.24) is 10.3 Å². The van der Waals surface area contributed by atoms with Crippen LogP contribution in [0.15, 0.2) is 77.5 Å². The summed E-state index contributed by atoms with van der Waals surface area (Å²) in [5.74, 6) is 0.433. The van der Waals surface area contributed by atoms with Crippen LogP contribution in [-0.4, -0.2) is 10.9 Å². The molecule has 1 atom stereocenters. The molecule has 0 saturated carbocycles. The zero-order valence-electron chi connectivity index (χ0n) is 12.7. The summed E-state index contributed by atoms with van der Waals surface area (Å²) in [5.41, 5.74) is 1.88. The van der Waals surface area contributed by atoms with Crippen molar-refractivity contribution in [2.45, 2.75) is 18.9 Å². The summed E-state index contributed by atoms with van der Waals surface area (Å²) in [5, 5.41) is 2.94. The van der Waals surface area contributed by atoms with Crippen molar-refractivity contribution in [1.29, 1.82) is 0 Å². The van der Waals surface area contributed by atoms with Crippen molar-refractivity contribution in [2.75, 3.05) is 0 Å². The highest BCUT2D eigenvalue weighted by atomic mass is 16.3. The topological polar surface area (TPSA) is 55.1 Å². The molecule has 4 nitrogen and oxygen atoms in total. The standard InChI is InChI=1S/C19H18N2O2/c22-19(21-14-17-10-6-12-23-17)18(15-7-2-1-3-8-15)13-16-9-4-5-11-20-16/h1-12,18H,13-14H2,(H,21,22). The summed E-state index contributed by atoms with van der Waals surface area (Å²) in [7, 11) is 0. The zero-order chi connectivity index (χ0) is 15.9. The Labute approximate surface area is 135 Å². The molecule has 1 aromatic carbocycles. The molecule has 0 saturated heterocycles. The van der Waals surface area contributed by atoms with E-state index in [1.807, 2.05) is 60.7 Å². The van der Waals surface area contributed by atoms with Gasteiger partial charge in [-0.05, 0) is 29.8 Å². The maximum absolute atomic E-state index is 12.7. The van der Waals surface area contributed by atoms with Crippen molar-refractivity contribution >= 4 is 5.91 Å². The Balaban J connectivity index is 1.75. The van der Waals surface area contributed by atoms with E-state index in [1.165, 1.54) is 0 Å². The van der Waals surface area contributed by atoms with E-state index in [1.54, 1.807) is 12.5 Å². The fourth-order valence-corrected chi connectivity index (χ4v) is 2.49. The third-order valence-corrected chi connectivity index (χ3v) is 3.67. The number of pyridine rings is 1. The van der Waals surface area contributed by atoms with Gasteiger partial charge in [0.25, 0.3) is 0 Å². The van der Waals surface area contributed by atoms with Gasteiger partial charge in [-0.3, -0.25) is 9.78 Å². The van der Waals surface area contributed by atoms with Crippen molar-refractivity contribution in [3.63, 3.8) is 0 Å². The van der Waals surface area contributed by atoms with Crippen molar-refractivity contribution in [3.8, 4) is 0 Å². The minimum atomic E-state index is -0.277. The average Bonchev–Trinajstić information content (AvgIpc) is 3.13. The number of nitrogens with zero attached hydrogens (tertiary/aromatic N) is 1. The molecule has 3 aromatic rings. The van der Waals surface area contributed by atoms with Gasteiger partial charge in [0.2, 0.25) is 5.91 Å². The van der Waals surface area contributed by atoms with E-state index in [2.05, 4.69) is 10.3 Å². The average molecular weight is 306 g/mol. The molecule has 0 aliphatic rings. The first-order valence-electron chi connectivity index (χ1n) is 7.58. The number of hydrogen-bond donors (Lipinski definition) is 1. The predicted molar refractivity (Wildman–Crippen MR) is 87.7 cm³/mol. The summed E-state index contributed by atoms with van der Waals surface area (Å²) in [6.45, 7) is 0.386. The Hall–Kier alpha value is -2.88. The molecule has 0 bridgehead atoms. The third-order valence-electron chi connectivity index (χ3n) is 3.67. The van der Waals surface area contributed by atoms with Gasteiger partial charge in [-0.15, -0.1) is 0 Å². The Morgan fingerprint density at radius 1 is 1.04 bits per heavy atom. The Kier molecular flexibility index (Phi) is 4.84. The molecule has 0 radical (unpaired) electrons. The summed E-state index contributed by atoms with van der Waals surface area (Å²) in [6, 6.07) is 19.2. The largest absolute Gasteiger partial charge is 0.467 e. The second-order valence-electron chi connectivity index (χ2n) is 5.29. The highest BCUT2D eigenvalue weighted by molar-refractivity contribution is 5.83. The van der Waals surface area contributed by atoms with Crippen LogP contribution < -0.4 is 5.32 Å². The molecule has 0 fully saturated rings. The second-order valence-corrected chi connectivity index (χ2v) is 5.29. The van der Waals surface area contributed by atoms with Crippen molar-refractivity contribution in [2.24, 2.45) is 0 Å². The quantitative estimate of drug-likeness (QED) is 0.760. The van der Waals surface area contributed by atoms with Crippen LogP contribution in [0, 0.1) is 0 Å². The van der Waals surface area contributed by atoms with Gasteiger partial charge < -0.3 is 9.73 Å². The molecule has 0 spiro atoms. The second kappa shape index (κ2) is 7.40. The number of hydrogen-bond acceptors (Lipinski definition) is 3. The normalized spacial score (nSPS) is 11.8. The number of aromatic nitrogens is 1. The summed E-state index contributed by atoms with van der Waals surface area (Å²) >= 11 is 0. The highest BCUT2D eigenvalue weighted by Crippen LogP contribution is 2.20. The molecular weight excluding hydrogens is 288 g/mol. The maximum Gasteiger partial charge on any atom is 0.228 e. The van der Waals surface area contributed by atoms with E-state index < -0.39 is 0 Å². The third kappa shape index (κ3) is 4.07. The van der Waals surface area contributed by atoms with Gasteiger partial charge in [-0.25, -0.2) is 0 Å². The molecule has 3 rings (SSSR count). The van der Waals surface area contributed by atoms with Crippen LogP contribution in [0.5, 0.6) is 0 Å². The molecular formula is C19H18N2O2. The van der Waals surface area contributed by atoms with Gasteiger partial charge in [-0.2, -0.15) is 0 Å². The van der Waals surface area contributed by atoms with Crippen LogP contribution in [-0.2, 0) is 17.8 Å². The molecule has 0 aliphatic heterocycles. The van der Waals surface area contributed by atoms with E-state index in [0.29, 0.717) is 13.0 Å². The summed E-state index contributed by atoms with van der Waals surface area (Å²) < 4.78 is 5.26.